The lowest BCUT2D eigenvalue weighted by atomic mass is 10.2. The molecule has 0 bridgehead atoms. The number of piperazine rings is 1. The van der Waals surface area contributed by atoms with E-state index in [4.69, 9.17) is 9.40 Å². The van der Waals surface area contributed by atoms with Crippen molar-refractivity contribution in [3.63, 3.8) is 0 Å². The highest BCUT2D eigenvalue weighted by molar-refractivity contribution is 7.99. The van der Waals surface area contributed by atoms with Crippen LogP contribution >= 0.6 is 11.8 Å². The highest BCUT2D eigenvalue weighted by atomic mass is 32.2. The van der Waals surface area contributed by atoms with Crippen molar-refractivity contribution in [2.45, 2.75) is 22.5 Å². The van der Waals surface area contributed by atoms with Gasteiger partial charge in [-0.15, -0.1) is 0 Å². The minimum absolute atomic E-state index is 0.00790. The van der Waals surface area contributed by atoms with Crippen molar-refractivity contribution in [1.29, 1.82) is 0 Å². The SMILES string of the molecule is CN1CCN(c2nc(N=C3CC(c4ccco4)NN3)nc(Sc3ccc(O)cc3)n2)CC1. The molecule has 5 rings (SSSR count). The number of nitrogens with zero attached hydrogens (tertiary/aromatic N) is 6. The zero-order valence-electron chi connectivity index (χ0n) is 17.6. The number of hydrogen-bond acceptors (Lipinski definition) is 10. The lowest BCUT2D eigenvalue weighted by Crippen LogP contribution is -2.45. The van der Waals surface area contributed by atoms with Crippen molar-refractivity contribution in [3.05, 3.63) is 48.4 Å². The third-order valence-electron chi connectivity index (χ3n) is 5.33. The number of phenols is 1. The lowest BCUT2D eigenvalue weighted by Gasteiger charge is -2.32. The Morgan fingerprint density at radius 3 is 2.66 bits per heavy atom. The number of aromatic nitrogens is 3. The first kappa shape index (κ1) is 20.7. The molecule has 2 aliphatic rings. The van der Waals surface area contributed by atoms with Crippen molar-refractivity contribution in [2.24, 2.45) is 4.99 Å². The molecule has 3 N–H and O–H groups in total. The third-order valence-corrected chi connectivity index (χ3v) is 6.21. The number of anilines is 1. The molecule has 0 amide bonds. The van der Waals surface area contributed by atoms with Crippen molar-refractivity contribution >= 4 is 29.5 Å². The zero-order valence-corrected chi connectivity index (χ0v) is 18.4. The summed E-state index contributed by atoms with van der Waals surface area (Å²) in [7, 11) is 2.11. The summed E-state index contributed by atoms with van der Waals surface area (Å²) in [6.45, 7) is 3.60. The van der Waals surface area contributed by atoms with Crippen LogP contribution in [0.1, 0.15) is 18.2 Å². The van der Waals surface area contributed by atoms with Gasteiger partial charge >= 0.3 is 0 Å². The summed E-state index contributed by atoms with van der Waals surface area (Å²) in [5.41, 5.74) is 6.29. The molecular formula is C21H24N8O2S. The number of likely N-dealkylation sites (N-methyl/N-ethyl adjacent to an activating group) is 1. The molecule has 2 aliphatic heterocycles. The minimum Gasteiger partial charge on any atom is -0.508 e. The molecule has 32 heavy (non-hydrogen) atoms. The summed E-state index contributed by atoms with van der Waals surface area (Å²) in [5.74, 6) is 2.80. The van der Waals surface area contributed by atoms with Crippen molar-refractivity contribution in [2.75, 3.05) is 38.1 Å². The molecule has 3 aromatic rings. The topological polar surface area (TPSA) is 115 Å². The second-order valence-corrected chi connectivity index (χ2v) is 8.74. The molecule has 4 heterocycles. The Morgan fingerprint density at radius 2 is 1.91 bits per heavy atom. The molecule has 1 atom stereocenters. The molecule has 1 unspecified atom stereocenters. The number of nitrogens with one attached hydrogen (secondary N) is 2. The van der Waals surface area contributed by atoms with E-state index in [1.807, 2.05) is 24.3 Å². The van der Waals surface area contributed by atoms with Crippen LogP contribution in [0, 0.1) is 0 Å². The Bertz CT molecular complexity index is 1080. The zero-order chi connectivity index (χ0) is 21.9. The van der Waals surface area contributed by atoms with Crippen molar-refractivity contribution in [1.82, 2.24) is 30.7 Å². The van der Waals surface area contributed by atoms with E-state index in [0.717, 1.165) is 42.7 Å². The number of aliphatic imine (C=N–C) groups is 1. The molecular weight excluding hydrogens is 428 g/mol. The van der Waals surface area contributed by atoms with E-state index < -0.39 is 0 Å². The maximum atomic E-state index is 9.55. The lowest BCUT2D eigenvalue weighted by molar-refractivity contribution is 0.311. The van der Waals surface area contributed by atoms with Gasteiger partial charge in [0.25, 0.3) is 5.95 Å². The van der Waals surface area contributed by atoms with E-state index in [1.54, 1.807) is 18.4 Å². The minimum atomic E-state index is 0.00790. The van der Waals surface area contributed by atoms with Gasteiger partial charge in [0.1, 0.15) is 17.3 Å². The predicted molar refractivity (Wildman–Crippen MR) is 121 cm³/mol. The summed E-state index contributed by atoms with van der Waals surface area (Å²) in [5, 5.41) is 10.1. The number of amidine groups is 1. The summed E-state index contributed by atoms with van der Waals surface area (Å²) in [6.07, 6.45) is 2.30. The van der Waals surface area contributed by atoms with Crippen LogP contribution in [-0.4, -0.2) is 64.0 Å². The fourth-order valence-corrected chi connectivity index (χ4v) is 4.26. The van der Waals surface area contributed by atoms with Crippen LogP contribution < -0.4 is 15.8 Å². The van der Waals surface area contributed by atoms with Gasteiger partial charge in [0.05, 0.1) is 12.3 Å². The molecule has 0 aliphatic carbocycles. The quantitative estimate of drug-likeness (QED) is 0.533. The number of rotatable bonds is 5. The first-order valence-corrected chi connectivity index (χ1v) is 11.2. The molecule has 10 nitrogen and oxygen atoms in total. The van der Waals surface area contributed by atoms with Crippen LogP contribution in [0.25, 0.3) is 0 Å². The normalized spacial score (nSPS) is 20.6. The van der Waals surface area contributed by atoms with E-state index in [9.17, 15) is 5.11 Å². The van der Waals surface area contributed by atoms with Crippen LogP contribution in [0.4, 0.5) is 11.9 Å². The van der Waals surface area contributed by atoms with Gasteiger partial charge in [-0.1, -0.05) is 0 Å². The number of aromatic hydroxyl groups is 1. The second kappa shape index (κ2) is 9.15. The first-order valence-electron chi connectivity index (χ1n) is 10.4. The fourth-order valence-electron chi connectivity index (χ4n) is 3.52. The molecule has 0 radical (unpaired) electrons. The average Bonchev–Trinajstić information content (AvgIpc) is 3.48. The van der Waals surface area contributed by atoms with Gasteiger partial charge in [0.2, 0.25) is 5.95 Å². The monoisotopic (exact) mass is 452 g/mol. The van der Waals surface area contributed by atoms with Crippen LogP contribution in [0.2, 0.25) is 0 Å². The highest BCUT2D eigenvalue weighted by Gasteiger charge is 2.24. The standard InChI is InChI=1S/C21H24N8O2S/c1-28-8-10-29(11-9-28)20-23-19(22-18-13-16(26-27-18)17-3-2-12-31-17)24-21(25-20)32-15-6-4-14(30)5-7-15/h2-7,12,16,26,30H,8-11,13H2,1H3,(H,22,23,24,25,27). The van der Waals surface area contributed by atoms with Gasteiger partial charge in [-0.05, 0) is 55.2 Å². The van der Waals surface area contributed by atoms with E-state index >= 15 is 0 Å². The van der Waals surface area contributed by atoms with Crippen molar-refractivity contribution in [3.8, 4) is 5.75 Å². The van der Waals surface area contributed by atoms with Crippen LogP contribution in [0.5, 0.6) is 5.75 Å². The second-order valence-electron chi connectivity index (χ2n) is 7.70. The smallest absolute Gasteiger partial charge is 0.256 e. The Hall–Kier alpha value is -3.15. The van der Waals surface area contributed by atoms with Crippen LogP contribution in [0.3, 0.4) is 0 Å². The molecule has 1 aromatic carbocycles. The predicted octanol–water partition coefficient (Wildman–Crippen LogP) is 2.34. The van der Waals surface area contributed by atoms with Crippen LogP contribution in [0.15, 0.2) is 62.1 Å². The number of furan rings is 1. The van der Waals surface area contributed by atoms with E-state index in [2.05, 4.69) is 42.7 Å². The summed E-state index contributed by atoms with van der Waals surface area (Å²) < 4.78 is 5.49. The van der Waals surface area contributed by atoms with Gasteiger partial charge in [-0.2, -0.15) is 19.9 Å². The van der Waals surface area contributed by atoms with Gasteiger partial charge in [-0.3, -0.25) is 0 Å². The van der Waals surface area contributed by atoms with Crippen molar-refractivity contribution < 1.29 is 9.52 Å². The Kier molecular flexibility index (Phi) is 5.93. The first-order chi connectivity index (χ1) is 15.6. The Labute approximate surface area is 189 Å². The number of benzene rings is 1. The number of hydrogen-bond donors (Lipinski definition) is 3. The molecule has 2 fully saturated rings. The summed E-state index contributed by atoms with van der Waals surface area (Å²) >= 11 is 1.41. The van der Waals surface area contributed by atoms with Gasteiger partial charge in [0, 0.05) is 37.5 Å². The average molecular weight is 453 g/mol. The third kappa shape index (κ3) is 4.85. The van der Waals surface area contributed by atoms with Gasteiger partial charge in [-0.25, -0.2) is 5.43 Å². The molecule has 0 spiro atoms. The summed E-state index contributed by atoms with van der Waals surface area (Å²) in [4.78, 5) is 23.9. The molecule has 2 saturated heterocycles. The molecule has 11 heteroatoms. The van der Waals surface area contributed by atoms with E-state index in [1.165, 1.54) is 11.8 Å². The molecule has 166 valence electrons. The fraction of sp³-hybridized carbons (Fsp3) is 0.333. The summed E-state index contributed by atoms with van der Waals surface area (Å²) in [6, 6.07) is 10.8. The highest BCUT2D eigenvalue weighted by Crippen LogP contribution is 2.29. The number of phenolic OH excluding ortho intramolecular Hbond substituents is 1. The van der Waals surface area contributed by atoms with Crippen LogP contribution in [-0.2, 0) is 0 Å². The molecule has 2 aromatic heterocycles. The maximum absolute atomic E-state index is 9.55. The van der Waals surface area contributed by atoms with Gasteiger partial charge in [0.15, 0.2) is 5.16 Å². The molecule has 0 saturated carbocycles. The van der Waals surface area contributed by atoms with Gasteiger partial charge < -0.3 is 24.7 Å². The Balaban J connectivity index is 1.41. The van der Waals surface area contributed by atoms with E-state index in [-0.39, 0.29) is 11.8 Å². The largest absolute Gasteiger partial charge is 0.508 e. The van der Waals surface area contributed by atoms with E-state index in [0.29, 0.717) is 23.5 Å². The Morgan fingerprint density at radius 1 is 1.09 bits per heavy atom. The number of hydrazine groups is 1. The maximum Gasteiger partial charge on any atom is 0.256 e.